The summed E-state index contributed by atoms with van der Waals surface area (Å²) < 4.78 is 10.6. The first-order valence-electron chi connectivity index (χ1n) is 7.55. The minimum absolute atomic E-state index is 0.116. The lowest BCUT2D eigenvalue weighted by atomic mass is 10.0. The van der Waals surface area contributed by atoms with Crippen LogP contribution in [0.2, 0.25) is 0 Å². The fourth-order valence-corrected chi connectivity index (χ4v) is 2.85. The molecule has 1 aliphatic heterocycles. The van der Waals surface area contributed by atoms with Crippen LogP contribution < -0.4 is 0 Å². The molecule has 0 bridgehead atoms. The first-order valence-corrected chi connectivity index (χ1v) is 7.55. The number of rotatable bonds is 4. The Bertz CT molecular complexity index is 685. The number of amides is 1. The van der Waals surface area contributed by atoms with Gasteiger partial charge in [0.25, 0.3) is 5.91 Å². The Kier molecular flexibility index (Phi) is 4.29. The van der Waals surface area contributed by atoms with Crippen LogP contribution in [0.1, 0.15) is 38.7 Å². The molecule has 3 heterocycles. The third kappa shape index (κ3) is 3.05. The summed E-state index contributed by atoms with van der Waals surface area (Å²) in [7, 11) is 0. The lowest BCUT2D eigenvalue weighted by molar-refractivity contribution is -0.00310. The molecule has 7 nitrogen and oxygen atoms in total. The van der Waals surface area contributed by atoms with Crippen molar-refractivity contribution in [1.29, 1.82) is 0 Å². The van der Waals surface area contributed by atoms with Crippen molar-refractivity contribution in [3.05, 3.63) is 41.1 Å². The van der Waals surface area contributed by atoms with Gasteiger partial charge in [0.1, 0.15) is 0 Å². The molecule has 0 aromatic carbocycles. The molecule has 0 saturated carbocycles. The van der Waals surface area contributed by atoms with Gasteiger partial charge in [-0.3, -0.25) is 14.7 Å². The molecule has 0 unspecified atom stereocenters. The topological polar surface area (TPSA) is 88.4 Å². The van der Waals surface area contributed by atoms with Gasteiger partial charge in [-0.15, -0.1) is 0 Å². The second-order valence-electron chi connectivity index (χ2n) is 5.64. The Balaban J connectivity index is 1.79. The predicted octanol–water partition coefficient (Wildman–Crippen LogP) is 1.73. The average molecular weight is 317 g/mol. The average Bonchev–Trinajstić information content (AvgIpc) is 3.18. The number of nitrogens with one attached hydrogen (secondary N) is 1. The predicted molar refractivity (Wildman–Crippen MR) is 81.4 cm³/mol. The van der Waals surface area contributed by atoms with E-state index in [1.807, 2.05) is 6.92 Å². The normalized spacial score (nSPS) is 18.2. The van der Waals surface area contributed by atoms with Crippen LogP contribution in [0.4, 0.5) is 0 Å². The Morgan fingerprint density at radius 3 is 2.91 bits per heavy atom. The monoisotopic (exact) mass is 317 g/mol. The van der Waals surface area contributed by atoms with Crippen molar-refractivity contribution in [1.82, 2.24) is 15.1 Å². The highest BCUT2D eigenvalue weighted by Crippen LogP contribution is 2.20. The molecule has 1 N–H and O–H groups in total. The number of hydrogen-bond donors (Lipinski definition) is 1. The van der Waals surface area contributed by atoms with Crippen LogP contribution in [0.3, 0.4) is 0 Å². The summed E-state index contributed by atoms with van der Waals surface area (Å²) in [6.45, 7) is 4.87. The smallest absolute Gasteiger partial charge is 0.258 e. The molecule has 0 radical (unpaired) electrons. The van der Waals surface area contributed by atoms with Crippen molar-refractivity contribution in [3.63, 3.8) is 0 Å². The first-order chi connectivity index (χ1) is 11.1. The molecule has 0 aliphatic carbocycles. The molecule has 3 rings (SSSR count). The van der Waals surface area contributed by atoms with E-state index in [0.29, 0.717) is 36.8 Å². The van der Waals surface area contributed by atoms with Crippen LogP contribution in [-0.2, 0) is 4.74 Å². The van der Waals surface area contributed by atoms with Crippen molar-refractivity contribution in [2.45, 2.75) is 26.3 Å². The van der Waals surface area contributed by atoms with Crippen LogP contribution in [0.5, 0.6) is 0 Å². The van der Waals surface area contributed by atoms with E-state index >= 15 is 0 Å². The van der Waals surface area contributed by atoms with Crippen LogP contribution >= 0.6 is 0 Å². The maximum absolute atomic E-state index is 12.9. The largest absolute Gasteiger partial charge is 0.461 e. The van der Waals surface area contributed by atoms with Gasteiger partial charge in [-0.05, 0) is 26.0 Å². The highest BCUT2D eigenvalue weighted by Gasteiger charge is 2.32. The highest BCUT2D eigenvalue weighted by atomic mass is 16.5. The number of ether oxygens (including phenoxy) is 1. The van der Waals surface area contributed by atoms with Crippen LogP contribution in [-0.4, -0.2) is 52.6 Å². The van der Waals surface area contributed by atoms with Gasteiger partial charge in [-0.1, -0.05) is 0 Å². The van der Waals surface area contributed by atoms with Crippen LogP contribution in [0, 0.1) is 13.8 Å². The molecular formula is C16H19N3O4. The fourth-order valence-electron chi connectivity index (χ4n) is 2.85. The number of Topliss-reactive ketones (excluding diaryl/α,β-unsaturated/α-hetero) is 1. The van der Waals surface area contributed by atoms with E-state index in [-0.39, 0.29) is 24.2 Å². The van der Waals surface area contributed by atoms with Gasteiger partial charge in [0.05, 0.1) is 36.8 Å². The number of furan rings is 1. The third-order valence-electron chi connectivity index (χ3n) is 4.05. The van der Waals surface area contributed by atoms with E-state index in [0.717, 1.165) is 5.69 Å². The number of carbonyl (C=O) groups excluding carboxylic acids is 2. The fraction of sp³-hybridized carbons (Fsp3) is 0.438. The Morgan fingerprint density at radius 2 is 2.26 bits per heavy atom. The number of aryl methyl sites for hydroxylation is 2. The second-order valence-corrected chi connectivity index (χ2v) is 5.64. The van der Waals surface area contributed by atoms with Gasteiger partial charge in [0, 0.05) is 18.7 Å². The van der Waals surface area contributed by atoms with Gasteiger partial charge in [-0.25, -0.2) is 0 Å². The van der Waals surface area contributed by atoms with Gasteiger partial charge >= 0.3 is 0 Å². The molecular weight excluding hydrogens is 298 g/mol. The summed E-state index contributed by atoms with van der Waals surface area (Å²) in [6, 6.07) is 3.00. The Hall–Kier alpha value is -2.41. The summed E-state index contributed by atoms with van der Waals surface area (Å²) >= 11 is 0. The molecule has 2 aromatic rings. The Morgan fingerprint density at radius 1 is 1.43 bits per heavy atom. The second kappa shape index (κ2) is 6.37. The first kappa shape index (κ1) is 15.5. The zero-order valence-corrected chi connectivity index (χ0v) is 13.2. The highest BCUT2D eigenvalue weighted by molar-refractivity contribution is 5.98. The van der Waals surface area contributed by atoms with Crippen molar-refractivity contribution in [3.8, 4) is 0 Å². The van der Waals surface area contributed by atoms with Crippen molar-refractivity contribution in [2.24, 2.45) is 0 Å². The SMILES string of the molecule is Cc1n[nH]c(C)c1C(=O)N1CCOC[C@@H]1CC(=O)c1ccco1. The minimum atomic E-state index is -0.303. The molecule has 1 fully saturated rings. The number of ketones is 1. The molecule has 1 atom stereocenters. The number of aromatic nitrogens is 2. The van der Waals surface area contributed by atoms with Gasteiger partial charge < -0.3 is 14.1 Å². The summed E-state index contributed by atoms with van der Waals surface area (Å²) in [5.41, 5.74) is 1.97. The number of morpholine rings is 1. The van der Waals surface area contributed by atoms with Crippen molar-refractivity contribution >= 4 is 11.7 Å². The molecule has 23 heavy (non-hydrogen) atoms. The minimum Gasteiger partial charge on any atom is -0.461 e. The van der Waals surface area contributed by atoms with E-state index in [1.54, 1.807) is 24.0 Å². The lowest BCUT2D eigenvalue weighted by Crippen LogP contribution is -2.49. The maximum Gasteiger partial charge on any atom is 0.258 e. The number of aromatic amines is 1. The maximum atomic E-state index is 12.9. The number of hydrogen-bond acceptors (Lipinski definition) is 5. The van der Waals surface area contributed by atoms with E-state index in [2.05, 4.69) is 10.2 Å². The lowest BCUT2D eigenvalue weighted by Gasteiger charge is -2.35. The van der Waals surface area contributed by atoms with Gasteiger partial charge in [0.2, 0.25) is 0 Å². The molecule has 2 aromatic heterocycles. The summed E-state index contributed by atoms with van der Waals surface area (Å²) in [5.74, 6) is 0.0527. The van der Waals surface area contributed by atoms with Crippen molar-refractivity contribution < 1.29 is 18.7 Å². The number of carbonyl (C=O) groups is 2. The van der Waals surface area contributed by atoms with E-state index in [9.17, 15) is 9.59 Å². The summed E-state index contributed by atoms with van der Waals surface area (Å²) in [6.07, 6.45) is 1.64. The van der Waals surface area contributed by atoms with E-state index in [1.165, 1.54) is 6.26 Å². The van der Waals surface area contributed by atoms with Crippen LogP contribution in [0.25, 0.3) is 0 Å². The van der Waals surface area contributed by atoms with E-state index < -0.39 is 0 Å². The molecule has 1 saturated heterocycles. The molecule has 0 spiro atoms. The molecule has 1 amide bonds. The molecule has 1 aliphatic rings. The van der Waals surface area contributed by atoms with Crippen molar-refractivity contribution in [2.75, 3.05) is 19.8 Å². The van der Waals surface area contributed by atoms with E-state index in [4.69, 9.17) is 9.15 Å². The number of nitrogens with zero attached hydrogens (tertiary/aromatic N) is 2. The van der Waals surface area contributed by atoms with Gasteiger partial charge in [-0.2, -0.15) is 5.10 Å². The Labute approximate surface area is 133 Å². The third-order valence-corrected chi connectivity index (χ3v) is 4.05. The molecule has 122 valence electrons. The summed E-state index contributed by atoms with van der Waals surface area (Å²) in [5, 5.41) is 6.90. The number of H-pyrrole nitrogens is 1. The zero-order valence-electron chi connectivity index (χ0n) is 13.2. The molecule has 7 heteroatoms. The van der Waals surface area contributed by atoms with Crippen LogP contribution in [0.15, 0.2) is 22.8 Å². The standard InChI is InChI=1S/C16H19N3O4/c1-10-15(11(2)18-17-10)16(21)19-5-7-22-9-12(19)8-13(20)14-4-3-6-23-14/h3-4,6,12H,5,7-9H2,1-2H3,(H,17,18)/t12-/m0/s1. The summed E-state index contributed by atoms with van der Waals surface area (Å²) in [4.78, 5) is 26.8. The quantitative estimate of drug-likeness (QED) is 0.868. The zero-order chi connectivity index (χ0) is 16.4. The van der Waals surface area contributed by atoms with Gasteiger partial charge in [0.15, 0.2) is 11.5 Å².